The molecule has 1 saturated carbocycles. The van der Waals surface area contributed by atoms with Crippen LogP contribution in [0, 0.1) is 0 Å². The predicted molar refractivity (Wildman–Crippen MR) is 85.1 cm³/mol. The van der Waals surface area contributed by atoms with Crippen molar-refractivity contribution in [2.75, 3.05) is 13.1 Å². The number of carbonyl (C=O) groups excluding carboxylic acids is 1. The van der Waals surface area contributed by atoms with Gasteiger partial charge in [0.05, 0.1) is 24.2 Å². The number of aromatic nitrogens is 1. The lowest BCUT2D eigenvalue weighted by Gasteiger charge is -2.15. The molecule has 0 atom stereocenters. The van der Waals surface area contributed by atoms with Crippen molar-refractivity contribution in [2.45, 2.75) is 24.7 Å². The molecule has 1 aliphatic carbocycles. The first-order chi connectivity index (χ1) is 10.9. The summed E-state index contributed by atoms with van der Waals surface area (Å²) in [6.45, 7) is -1.62. The molecule has 0 radical (unpaired) electrons. The molecular formula is C16H16ClF2N3O. The molecule has 4 nitrogen and oxygen atoms in total. The van der Waals surface area contributed by atoms with Crippen molar-refractivity contribution in [1.29, 1.82) is 0 Å². The molecule has 2 aromatic rings. The second-order valence-corrected chi connectivity index (χ2v) is 6.21. The summed E-state index contributed by atoms with van der Waals surface area (Å²) in [7, 11) is 0. The highest BCUT2D eigenvalue weighted by atomic mass is 35.5. The minimum atomic E-state index is -3.13. The van der Waals surface area contributed by atoms with E-state index < -0.39 is 24.9 Å². The lowest BCUT2D eigenvalue weighted by molar-refractivity contribution is 0.0119. The molecule has 0 aliphatic heterocycles. The van der Waals surface area contributed by atoms with E-state index in [1.807, 2.05) is 0 Å². The van der Waals surface area contributed by atoms with Crippen LogP contribution in [0.1, 0.15) is 34.8 Å². The monoisotopic (exact) mass is 339 g/mol. The number of amides is 1. The van der Waals surface area contributed by atoms with Crippen LogP contribution in [0.3, 0.4) is 0 Å². The van der Waals surface area contributed by atoms with Gasteiger partial charge in [-0.1, -0.05) is 11.6 Å². The van der Waals surface area contributed by atoms with Gasteiger partial charge in [0.2, 0.25) is 0 Å². The van der Waals surface area contributed by atoms with Crippen molar-refractivity contribution in [2.24, 2.45) is 5.73 Å². The third-order valence-corrected chi connectivity index (χ3v) is 4.07. The van der Waals surface area contributed by atoms with E-state index in [9.17, 15) is 13.6 Å². The topological polar surface area (TPSA) is 68.0 Å². The van der Waals surface area contributed by atoms with E-state index >= 15 is 0 Å². The maximum Gasteiger partial charge on any atom is 0.277 e. The van der Waals surface area contributed by atoms with Gasteiger partial charge in [0.1, 0.15) is 0 Å². The molecule has 0 saturated heterocycles. The summed E-state index contributed by atoms with van der Waals surface area (Å²) in [4.78, 5) is 16.9. The van der Waals surface area contributed by atoms with Gasteiger partial charge in [-0.2, -0.15) is 0 Å². The number of pyridine rings is 1. The second-order valence-electron chi connectivity index (χ2n) is 5.77. The van der Waals surface area contributed by atoms with Crippen LogP contribution >= 0.6 is 11.6 Å². The van der Waals surface area contributed by atoms with Crippen molar-refractivity contribution in [3.05, 3.63) is 40.5 Å². The van der Waals surface area contributed by atoms with Crippen molar-refractivity contribution >= 4 is 28.4 Å². The number of hydrogen-bond donors (Lipinski definition) is 2. The number of fused-ring (bicyclic) bond motifs is 1. The highest BCUT2D eigenvalue weighted by Crippen LogP contribution is 2.40. The molecule has 0 spiro atoms. The maximum absolute atomic E-state index is 13.3. The Morgan fingerprint density at radius 1 is 1.39 bits per heavy atom. The predicted octanol–water partition coefficient (Wildman–Crippen LogP) is 3.09. The molecule has 23 heavy (non-hydrogen) atoms. The first kappa shape index (κ1) is 16.1. The molecule has 1 amide bonds. The van der Waals surface area contributed by atoms with Crippen LogP contribution in [0.5, 0.6) is 0 Å². The van der Waals surface area contributed by atoms with E-state index in [0.717, 1.165) is 18.5 Å². The summed E-state index contributed by atoms with van der Waals surface area (Å²) < 4.78 is 26.5. The van der Waals surface area contributed by atoms with Gasteiger partial charge in [0, 0.05) is 22.0 Å². The van der Waals surface area contributed by atoms with Crippen molar-refractivity contribution in [1.82, 2.24) is 10.3 Å². The summed E-state index contributed by atoms with van der Waals surface area (Å²) in [5, 5.41) is 3.26. The number of carbonyl (C=O) groups is 1. The second kappa shape index (κ2) is 6.02. The Hall–Kier alpha value is -1.79. The fourth-order valence-corrected chi connectivity index (χ4v) is 2.54. The molecular weight excluding hydrogens is 324 g/mol. The number of nitrogens with two attached hydrogens (primary N) is 1. The molecule has 122 valence electrons. The molecule has 0 bridgehead atoms. The van der Waals surface area contributed by atoms with Gasteiger partial charge >= 0.3 is 0 Å². The summed E-state index contributed by atoms with van der Waals surface area (Å²) in [6.07, 6.45) is 2.05. The zero-order chi connectivity index (χ0) is 16.6. The van der Waals surface area contributed by atoms with Crippen LogP contribution in [-0.4, -0.2) is 29.9 Å². The molecule has 3 rings (SSSR count). The quantitative estimate of drug-likeness (QED) is 0.879. The van der Waals surface area contributed by atoms with Crippen LogP contribution in [0.15, 0.2) is 24.3 Å². The molecule has 1 aromatic carbocycles. The number of alkyl halides is 2. The first-order valence-corrected chi connectivity index (χ1v) is 7.74. The molecule has 1 heterocycles. The highest BCUT2D eigenvalue weighted by Gasteiger charge is 2.29. The largest absolute Gasteiger partial charge is 0.346 e. The number of halogens is 3. The first-order valence-electron chi connectivity index (χ1n) is 7.36. The average molecular weight is 340 g/mol. The molecule has 1 fully saturated rings. The minimum Gasteiger partial charge on any atom is -0.346 e. The Kier molecular flexibility index (Phi) is 4.21. The number of nitrogens with one attached hydrogen (secondary N) is 1. The Balaban J connectivity index is 1.97. The fraction of sp³-hybridized carbons (Fsp3) is 0.375. The summed E-state index contributed by atoms with van der Waals surface area (Å²) in [5.74, 6) is -3.36. The van der Waals surface area contributed by atoms with Crippen molar-refractivity contribution < 1.29 is 13.6 Å². The van der Waals surface area contributed by atoms with Crippen molar-refractivity contribution in [3.63, 3.8) is 0 Å². The smallest absolute Gasteiger partial charge is 0.277 e. The summed E-state index contributed by atoms with van der Waals surface area (Å²) >= 11 is 5.99. The SMILES string of the molecule is NCC(F)(F)CNC(=O)c1cc(C2CC2)nc2ccc(Cl)cc12. The van der Waals surface area contributed by atoms with E-state index in [1.54, 1.807) is 24.3 Å². The van der Waals surface area contributed by atoms with Gasteiger partial charge in [0.25, 0.3) is 11.8 Å². The third-order valence-electron chi connectivity index (χ3n) is 3.84. The van der Waals surface area contributed by atoms with E-state index in [4.69, 9.17) is 17.3 Å². The normalized spacial score (nSPS) is 15.0. The van der Waals surface area contributed by atoms with Crippen molar-refractivity contribution in [3.8, 4) is 0 Å². The van der Waals surface area contributed by atoms with Gasteiger partial charge in [-0.05, 0) is 37.1 Å². The van der Waals surface area contributed by atoms with Crippen LogP contribution in [0.2, 0.25) is 5.02 Å². The summed E-state index contributed by atoms with van der Waals surface area (Å²) in [5.41, 5.74) is 6.75. The number of nitrogens with zero attached hydrogens (tertiary/aromatic N) is 1. The molecule has 1 aromatic heterocycles. The average Bonchev–Trinajstić information content (AvgIpc) is 3.36. The van der Waals surface area contributed by atoms with Gasteiger partial charge in [-0.3, -0.25) is 9.78 Å². The van der Waals surface area contributed by atoms with E-state index in [2.05, 4.69) is 10.3 Å². The Labute approximate surface area is 137 Å². The third kappa shape index (κ3) is 3.59. The zero-order valence-corrected chi connectivity index (χ0v) is 13.0. The van der Waals surface area contributed by atoms with Gasteiger partial charge in [-0.15, -0.1) is 0 Å². The molecule has 7 heteroatoms. The number of rotatable bonds is 5. The van der Waals surface area contributed by atoms with E-state index in [-0.39, 0.29) is 0 Å². The lowest BCUT2D eigenvalue weighted by Crippen LogP contribution is -2.41. The minimum absolute atomic E-state index is 0.312. The Bertz CT molecular complexity index is 762. The fourth-order valence-electron chi connectivity index (χ4n) is 2.37. The van der Waals surface area contributed by atoms with E-state index in [1.165, 1.54) is 0 Å². The molecule has 0 unspecified atom stereocenters. The van der Waals surface area contributed by atoms with Crippen LogP contribution in [0.4, 0.5) is 8.78 Å². The van der Waals surface area contributed by atoms with Gasteiger partial charge in [0.15, 0.2) is 0 Å². The van der Waals surface area contributed by atoms with Crippen LogP contribution in [0.25, 0.3) is 10.9 Å². The standard InChI is InChI=1S/C16H16ClF2N3O/c17-10-3-4-13-11(5-10)12(6-14(22-13)9-1-2-9)15(23)21-8-16(18,19)7-20/h3-6,9H,1-2,7-8,20H2,(H,21,23). The van der Waals surface area contributed by atoms with Gasteiger partial charge < -0.3 is 11.1 Å². The lowest BCUT2D eigenvalue weighted by atomic mass is 10.1. The number of hydrogen-bond acceptors (Lipinski definition) is 3. The van der Waals surface area contributed by atoms with Gasteiger partial charge in [-0.25, -0.2) is 8.78 Å². The van der Waals surface area contributed by atoms with Crippen LogP contribution < -0.4 is 11.1 Å². The number of benzene rings is 1. The molecule has 1 aliphatic rings. The summed E-state index contributed by atoms with van der Waals surface area (Å²) in [6, 6.07) is 6.72. The zero-order valence-electron chi connectivity index (χ0n) is 12.3. The molecule has 3 N–H and O–H groups in total. The highest BCUT2D eigenvalue weighted by molar-refractivity contribution is 6.31. The Morgan fingerprint density at radius 2 is 2.13 bits per heavy atom. The Morgan fingerprint density at radius 3 is 2.78 bits per heavy atom. The van der Waals surface area contributed by atoms with Crippen LogP contribution in [-0.2, 0) is 0 Å². The maximum atomic E-state index is 13.3. The van der Waals surface area contributed by atoms with E-state index in [0.29, 0.717) is 27.4 Å².